The fourth-order valence-corrected chi connectivity index (χ4v) is 3.88. The van der Waals surface area contributed by atoms with E-state index in [-0.39, 0.29) is 11.8 Å². The standard InChI is InChI=1S/C17H16N2O3S/c20-15-12-5-1-2-6-13(12)22-17(18-15)8-4-9-19(11-17)16(21)14-7-3-10-23-14/h1-3,5-7,10H,4,8-9,11H2,(H,18,20)/t17-/m1/s1. The molecule has 1 spiro atoms. The zero-order chi connectivity index (χ0) is 15.9. The van der Waals surface area contributed by atoms with Crippen molar-refractivity contribution in [2.75, 3.05) is 13.1 Å². The first-order valence-corrected chi connectivity index (χ1v) is 8.48. The SMILES string of the molecule is O=C1N[C@]2(CCCN(C(=O)c3cccs3)C2)Oc2ccccc21. The number of benzene rings is 1. The number of ether oxygens (including phenoxy) is 1. The Bertz CT molecular complexity index is 759. The summed E-state index contributed by atoms with van der Waals surface area (Å²) in [5.41, 5.74) is -0.281. The topological polar surface area (TPSA) is 58.6 Å². The van der Waals surface area contributed by atoms with Crippen molar-refractivity contribution in [3.8, 4) is 5.75 Å². The summed E-state index contributed by atoms with van der Waals surface area (Å²) >= 11 is 1.43. The molecule has 0 unspecified atom stereocenters. The number of carbonyl (C=O) groups excluding carboxylic acids is 2. The van der Waals surface area contributed by atoms with Crippen LogP contribution in [0.4, 0.5) is 0 Å². The van der Waals surface area contributed by atoms with Crippen LogP contribution in [0.15, 0.2) is 41.8 Å². The van der Waals surface area contributed by atoms with Gasteiger partial charge >= 0.3 is 0 Å². The minimum Gasteiger partial charge on any atom is -0.465 e. The van der Waals surface area contributed by atoms with Crippen molar-refractivity contribution >= 4 is 23.2 Å². The molecule has 1 aromatic carbocycles. The molecule has 4 rings (SSSR count). The summed E-state index contributed by atoms with van der Waals surface area (Å²) in [5, 5.41) is 4.86. The Hall–Kier alpha value is -2.34. The number of nitrogens with one attached hydrogen (secondary N) is 1. The van der Waals surface area contributed by atoms with E-state index in [0.717, 1.165) is 6.42 Å². The maximum Gasteiger partial charge on any atom is 0.264 e. The number of hydrogen-bond donors (Lipinski definition) is 1. The minimum atomic E-state index is -0.823. The lowest BCUT2D eigenvalue weighted by Crippen LogP contribution is -2.64. The van der Waals surface area contributed by atoms with Gasteiger partial charge < -0.3 is 15.0 Å². The number of rotatable bonds is 1. The number of likely N-dealkylation sites (tertiary alicyclic amines) is 1. The van der Waals surface area contributed by atoms with Crippen LogP contribution in [0.3, 0.4) is 0 Å². The summed E-state index contributed by atoms with van der Waals surface area (Å²) in [4.78, 5) is 27.4. The highest BCUT2D eigenvalue weighted by Gasteiger charge is 2.44. The van der Waals surface area contributed by atoms with Crippen LogP contribution in [-0.4, -0.2) is 35.5 Å². The Morgan fingerprint density at radius 3 is 2.96 bits per heavy atom. The van der Waals surface area contributed by atoms with Gasteiger partial charge in [0.25, 0.3) is 11.8 Å². The second-order valence-corrected chi connectivity index (χ2v) is 6.80. The highest BCUT2D eigenvalue weighted by molar-refractivity contribution is 7.12. The van der Waals surface area contributed by atoms with Crippen LogP contribution in [0.5, 0.6) is 5.75 Å². The predicted octanol–water partition coefficient (Wildman–Crippen LogP) is 2.50. The van der Waals surface area contributed by atoms with Gasteiger partial charge in [0.05, 0.1) is 17.0 Å². The summed E-state index contributed by atoms with van der Waals surface area (Å²) in [6.07, 6.45) is 1.49. The molecule has 6 heteroatoms. The molecule has 2 aromatic rings. The Morgan fingerprint density at radius 2 is 2.13 bits per heavy atom. The summed E-state index contributed by atoms with van der Waals surface area (Å²) in [6, 6.07) is 10.9. The summed E-state index contributed by atoms with van der Waals surface area (Å²) < 4.78 is 6.11. The number of carbonyl (C=O) groups is 2. The van der Waals surface area contributed by atoms with Crippen molar-refractivity contribution in [2.24, 2.45) is 0 Å². The fraction of sp³-hybridized carbons (Fsp3) is 0.294. The number of fused-ring (bicyclic) bond motifs is 1. The van der Waals surface area contributed by atoms with Crippen LogP contribution < -0.4 is 10.1 Å². The lowest BCUT2D eigenvalue weighted by Gasteiger charge is -2.45. The molecule has 5 nitrogen and oxygen atoms in total. The molecular formula is C17H16N2O3S. The second-order valence-electron chi connectivity index (χ2n) is 5.85. The lowest BCUT2D eigenvalue weighted by molar-refractivity contribution is -0.0312. The van der Waals surface area contributed by atoms with Crippen molar-refractivity contribution in [1.82, 2.24) is 10.2 Å². The molecule has 3 heterocycles. The van der Waals surface area contributed by atoms with Crippen molar-refractivity contribution in [2.45, 2.75) is 18.6 Å². The van der Waals surface area contributed by atoms with Crippen LogP contribution in [-0.2, 0) is 0 Å². The molecule has 118 valence electrons. The molecule has 1 aromatic heterocycles. The smallest absolute Gasteiger partial charge is 0.264 e. The van der Waals surface area contributed by atoms with Gasteiger partial charge in [-0.15, -0.1) is 11.3 Å². The van der Waals surface area contributed by atoms with Gasteiger partial charge in [-0.05, 0) is 30.0 Å². The molecule has 0 aliphatic carbocycles. The third kappa shape index (κ3) is 2.49. The normalized spacial score (nSPS) is 23.1. The van der Waals surface area contributed by atoms with E-state index in [4.69, 9.17) is 4.74 Å². The van der Waals surface area contributed by atoms with E-state index in [0.29, 0.717) is 35.7 Å². The average molecular weight is 328 g/mol. The number of piperidine rings is 1. The first kappa shape index (κ1) is 14.3. The Kier molecular flexibility index (Phi) is 3.34. The van der Waals surface area contributed by atoms with Gasteiger partial charge in [0.2, 0.25) is 5.72 Å². The van der Waals surface area contributed by atoms with Gasteiger partial charge in [0.15, 0.2) is 0 Å². The molecular weight excluding hydrogens is 312 g/mol. The van der Waals surface area contributed by atoms with Crippen molar-refractivity contribution in [1.29, 1.82) is 0 Å². The zero-order valence-corrected chi connectivity index (χ0v) is 13.3. The molecule has 0 saturated carbocycles. The summed E-state index contributed by atoms with van der Waals surface area (Å²) in [5.74, 6) is 0.440. The monoisotopic (exact) mass is 328 g/mol. The molecule has 0 bridgehead atoms. The van der Waals surface area contributed by atoms with E-state index in [9.17, 15) is 9.59 Å². The summed E-state index contributed by atoms with van der Waals surface area (Å²) in [7, 11) is 0. The highest BCUT2D eigenvalue weighted by Crippen LogP contribution is 2.33. The predicted molar refractivity (Wildman–Crippen MR) is 86.7 cm³/mol. The minimum absolute atomic E-state index is 0.00391. The number of hydrogen-bond acceptors (Lipinski definition) is 4. The number of thiophene rings is 1. The number of para-hydroxylation sites is 1. The number of amides is 2. The zero-order valence-electron chi connectivity index (χ0n) is 12.5. The van der Waals surface area contributed by atoms with Crippen LogP contribution in [0.2, 0.25) is 0 Å². The second kappa shape index (κ2) is 5.38. The van der Waals surface area contributed by atoms with E-state index in [1.165, 1.54) is 11.3 Å². The van der Waals surface area contributed by atoms with Crippen molar-refractivity contribution in [3.63, 3.8) is 0 Å². The molecule has 2 aliphatic rings. The van der Waals surface area contributed by atoms with Crippen LogP contribution in [0, 0.1) is 0 Å². The first-order chi connectivity index (χ1) is 11.2. The molecule has 2 amide bonds. The van der Waals surface area contributed by atoms with Gasteiger partial charge in [-0.2, -0.15) is 0 Å². The van der Waals surface area contributed by atoms with E-state index in [1.807, 2.05) is 29.6 Å². The van der Waals surface area contributed by atoms with Crippen LogP contribution in [0.1, 0.15) is 32.9 Å². The van der Waals surface area contributed by atoms with Crippen molar-refractivity contribution < 1.29 is 14.3 Å². The summed E-state index contributed by atoms with van der Waals surface area (Å²) in [6.45, 7) is 1.04. The van der Waals surface area contributed by atoms with Crippen LogP contribution in [0.25, 0.3) is 0 Å². The van der Waals surface area contributed by atoms with Gasteiger partial charge in [0.1, 0.15) is 5.75 Å². The Morgan fingerprint density at radius 1 is 1.26 bits per heavy atom. The Balaban J connectivity index is 1.60. The molecule has 1 N–H and O–H groups in total. The molecule has 1 fully saturated rings. The van der Waals surface area contributed by atoms with E-state index in [2.05, 4.69) is 5.32 Å². The fourth-order valence-electron chi connectivity index (χ4n) is 3.19. The van der Waals surface area contributed by atoms with E-state index >= 15 is 0 Å². The first-order valence-electron chi connectivity index (χ1n) is 7.60. The molecule has 2 aliphatic heterocycles. The number of nitrogens with zero attached hydrogens (tertiary/aromatic N) is 1. The molecule has 0 radical (unpaired) electrons. The van der Waals surface area contributed by atoms with Gasteiger partial charge in [-0.1, -0.05) is 18.2 Å². The van der Waals surface area contributed by atoms with Gasteiger partial charge in [-0.25, -0.2) is 0 Å². The Labute approximate surface area is 137 Å². The van der Waals surface area contributed by atoms with Gasteiger partial charge in [0, 0.05) is 13.0 Å². The molecule has 1 atom stereocenters. The lowest BCUT2D eigenvalue weighted by atomic mass is 9.98. The third-order valence-corrected chi connectivity index (χ3v) is 5.11. The third-order valence-electron chi connectivity index (χ3n) is 4.25. The molecule has 23 heavy (non-hydrogen) atoms. The highest BCUT2D eigenvalue weighted by atomic mass is 32.1. The largest absolute Gasteiger partial charge is 0.465 e. The van der Waals surface area contributed by atoms with Crippen LogP contribution >= 0.6 is 11.3 Å². The average Bonchev–Trinajstić information content (AvgIpc) is 3.08. The quantitative estimate of drug-likeness (QED) is 0.875. The van der Waals surface area contributed by atoms with E-state index in [1.54, 1.807) is 17.0 Å². The van der Waals surface area contributed by atoms with Gasteiger partial charge in [-0.3, -0.25) is 9.59 Å². The molecule has 1 saturated heterocycles. The maximum atomic E-state index is 12.6. The maximum absolute atomic E-state index is 12.6. The van der Waals surface area contributed by atoms with E-state index < -0.39 is 5.72 Å². The van der Waals surface area contributed by atoms with Crippen molar-refractivity contribution in [3.05, 3.63) is 52.2 Å².